The van der Waals surface area contributed by atoms with E-state index >= 15 is 0 Å². The van der Waals surface area contributed by atoms with E-state index in [2.05, 4.69) is 5.18 Å². The molecule has 7 nitrogen and oxygen atoms in total. The molecule has 32 heavy (non-hydrogen) atoms. The Hall–Kier alpha value is -2.80. The number of halogens is 1. The van der Waals surface area contributed by atoms with Gasteiger partial charge in [0.1, 0.15) is 23.3 Å². The Kier molecular flexibility index (Phi) is 9.78. The smallest absolute Gasteiger partial charge is 0.310 e. The molecule has 2 unspecified atom stereocenters. The molecule has 0 aromatic heterocycles. The number of ether oxygens (including phenoxy) is 2. The lowest BCUT2D eigenvalue weighted by molar-refractivity contribution is -0.138. The van der Waals surface area contributed by atoms with E-state index in [4.69, 9.17) is 26.2 Å². The molecule has 0 aliphatic heterocycles. The van der Waals surface area contributed by atoms with Gasteiger partial charge in [-0.3, -0.25) is 4.79 Å². The van der Waals surface area contributed by atoms with Gasteiger partial charge in [0.05, 0.1) is 24.2 Å². The maximum absolute atomic E-state index is 11.1. The number of nitrogens with zero attached hydrogens (tertiary/aromatic N) is 1. The summed E-state index contributed by atoms with van der Waals surface area (Å²) in [7, 11) is 0. The summed E-state index contributed by atoms with van der Waals surface area (Å²) in [4.78, 5) is 22.2. The zero-order valence-corrected chi connectivity index (χ0v) is 19.4. The predicted molar refractivity (Wildman–Crippen MR) is 124 cm³/mol. The van der Waals surface area contributed by atoms with E-state index < -0.39 is 17.9 Å². The van der Waals surface area contributed by atoms with Crippen LogP contribution in [-0.2, 0) is 11.2 Å². The third-order valence-corrected chi connectivity index (χ3v) is 5.57. The van der Waals surface area contributed by atoms with Gasteiger partial charge in [-0.15, -0.1) is 0 Å². The van der Waals surface area contributed by atoms with E-state index in [1.54, 1.807) is 37.3 Å². The molecule has 2 aromatic carbocycles. The predicted octanol–water partition coefficient (Wildman–Crippen LogP) is 6.25. The molecule has 0 amide bonds. The van der Waals surface area contributed by atoms with E-state index in [0.717, 1.165) is 6.42 Å². The SMILES string of the molecule is CCCc1c(OCCCOc2ccc(C(C)C(=O)O)cc2Cl)ccc(C(CC)N=O)c1O. The molecule has 2 aromatic rings. The molecular weight excluding hydrogens is 434 g/mol. The van der Waals surface area contributed by atoms with Gasteiger partial charge in [0.25, 0.3) is 0 Å². The molecule has 2 rings (SSSR count). The van der Waals surface area contributed by atoms with Crippen LogP contribution in [0.1, 0.15) is 68.7 Å². The highest BCUT2D eigenvalue weighted by Gasteiger charge is 2.20. The first kappa shape index (κ1) is 25.5. The van der Waals surface area contributed by atoms with Gasteiger partial charge >= 0.3 is 5.97 Å². The average molecular weight is 464 g/mol. The van der Waals surface area contributed by atoms with E-state index in [1.807, 2.05) is 13.8 Å². The van der Waals surface area contributed by atoms with Crippen molar-refractivity contribution in [2.75, 3.05) is 13.2 Å². The summed E-state index contributed by atoms with van der Waals surface area (Å²) in [5.41, 5.74) is 1.82. The fourth-order valence-corrected chi connectivity index (χ4v) is 3.60. The first-order chi connectivity index (χ1) is 15.3. The van der Waals surface area contributed by atoms with Gasteiger partial charge in [0, 0.05) is 17.5 Å². The topological polar surface area (TPSA) is 105 Å². The van der Waals surface area contributed by atoms with Crippen LogP contribution in [0.15, 0.2) is 35.5 Å². The Morgan fingerprint density at radius 2 is 1.78 bits per heavy atom. The van der Waals surface area contributed by atoms with Crippen LogP contribution in [0.25, 0.3) is 0 Å². The van der Waals surface area contributed by atoms with Crippen LogP contribution >= 0.6 is 11.6 Å². The first-order valence-electron chi connectivity index (χ1n) is 10.8. The minimum atomic E-state index is -0.916. The van der Waals surface area contributed by atoms with Crippen LogP contribution < -0.4 is 9.47 Å². The molecule has 2 atom stereocenters. The fraction of sp³-hybridized carbons (Fsp3) is 0.458. The Morgan fingerprint density at radius 1 is 1.12 bits per heavy atom. The number of carboxylic acid groups (broad SMARTS) is 1. The van der Waals surface area contributed by atoms with Crippen molar-refractivity contribution in [3.05, 3.63) is 57.0 Å². The maximum Gasteiger partial charge on any atom is 0.310 e. The van der Waals surface area contributed by atoms with E-state index in [-0.39, 0.29) is 5.75 Å². The normalized spacial score (nSPS) is 12.8. The maximum atomic E-state index is 11.1. The minimum Gasteiger partial charge on any atom is -0.507 e. The van der Waals surface area contributed by atoms with E-state index in [0.29, 0.717) is 65.7 Å². The van der Waals surface area contributed by atoms with Gasteiger partial charge in [-0.2, -0.15) is 4.91 Å². The van der Waals surface area contributed by atoms with Crippen molar-refractivity contribution in [2.24, 2.45) is 5.18 Å². The fourth-order valence-electron chi connectivity index (χ4n) is 3.35. The van der Waals surface area contributed by atoms with Gasteiger partial charge in [0.15, 0.2) is 0 Å². The van der Waals surface area contributed by atoms with Crippen molar-refractivity contribution < 1.29 is 24.5 Å². The molecule has 0 fully saturated rings. The zero-order chi connectivity index (χ0) is 23.7. The lowest BCUT2D eigenvalue weighted by Gasteiger charge is -2.17. The number of phenolic OH excluding ortho intramolecular Hbond substituents is 1. The van der Waals surface area contributed by atoms with Crippen molar-refractivity contribution in [2.45, 2.75) is 58.4 Å². The second kappa shape index (κ2) is 12.3. The molecule has 0 bridgehead atoms. The summed E-state index contributed by atoms with van der Waals surface area (Å²) < 4.78 is 11.6. The number of nitroso groups, excluding NO2 is 1. The number of carbonyl (C=O) groups is 1. The monoisotopic (exact) mass is 463 g/mol. The molecule has 0 aliphatic rings. The summed E-state index contributed by atoms with van der Waals surface area (Å²) >= 11 is 6.22. The number of aromatic hydroxyl groups is 1. The first-order valence-corrected chi connectivity index (χ1v) is 11.2. The highest BCUT2D eigenvalue weighted by atomic mass is 35.5. The summed E-state index contributed by atoms with van der Waals surface area (Å²) in [5, 5.41) is 23.2. The van der Waals surface area contributed by atoms with Gasteiger partial charge in [-0.25, -0.2) is 0 Å². The number of rotatable bonds is 13. The quantitative estimate of drug-likeness (QED) is 0.268. The number of carboxylic acids is 1. The lowest BCUT2D eigenvalue weighted by Crippen LogP contribution is -2.08. The van der Waals surface area contributed by atoms with Crippen LogP contribution in [-0.4, -0.2) is 29.4 Å². The highest BCUT2D eigenvalue weighted by molar-refractivity contribution is 6.32. The molecule has 2 N–H and O–H groups in total. The third kappa shape index (κ3) is 6.36. The molecule has 174 valence electrons. The number of aliphatic carboxylic acids is 1. The number of phenols is 1. The standard InChI is InChI=1S/C24H30ClNO6/c1-4-7-18-21(11-9-17(23(18)27)20(5-2)26-30)31-12-6-13-32-22-10-8-16(14-19(22)25)15(3)24(28)29/h8-11,14-15,20,27H,4-7,12-13H2,1-3H3,(H,28,29). The molecule has 0 heterocycles. The number of hydrogen-bond donors (Lipinski definition) is 2. The highest BCUT2D eigenvalue weighted by Crippen LogP contribution is 2.38. The van der Waals surface area contributed by atoms with Crippen molar-refractivity contribution >= 4 is 17.6 Å². The number of hydrogen-bond acceptors (Lipinski definition) is 6. The Balaban J connectivity index is 1.96. The largest absolute Gasteiger partial charge is 0.507 e. The van der Waals surface area contributed by atoms with Crippen LogP contribution in [0.2, 0.25) is 5.02 Å². The van der Waals surface area contributed by atoms with E-state index in [9.17, 15) is 14.8 Å². The van der Waals surface area contributed by atoms with Crippen molar-refractivity contribution in [3.8, 4) is 17.2 Å². The molecule has 8 heteroatoms. The van der Waals surface area contributed by atoms with Crippen LogP contribution in [0.5, 0.6) is 17.2 Å². The summed E-state index contributed by atoms with van der Waals surface area (Å²) in [6, 6.07) is 7.84. The van der Waals surface area contributed by atoms with Crippen LogP contribution in [0.3, 0.4) is 0 Å². The number of benzene rings is 2. The molecular formula is C24H30ClNO6. The zero-order valence-electron chi connectivity index (χ0n) is 18.6. The summed E-state index contributed by atoms with van der Waals surface area (Å²) in [6.07, 6.45) is 2.53. The van der Waals surface area contributed by atoms with Crippen LogP contribution in [0, 0.1) is 4.91 Å². The lowest BCUT2D eigenvalue weighted by atomic mass is 9.98. The molecule has 0 saturated carbocycles. The van der Waals surface area contributed by atoms with Crippen molar-refractivity contribution in [1.29, 1.82) is 0 Å². The molecule has 0 spiro atoms. The van der Waals surface area contributed by atoms with Gasteiger partial charge in [0.2, 0.25) is 0 Å². The minimum absolute atomic E-state index is 0.0783. The second-order valence-electron chi connectivity index (χ2n) is 7.56. The Morgan fingerprint density at radius 3 is 2.34 bits per heavy atom. The average Bonchev–Trinajstić information content (AvgIpc) is 2.78. The van der Waals surface area contributed by atoms with Gasteiger partial charge < -0.3 is 19.7 Å². The van der Waals surface area contributed by atoms with Gasteiger partial charge in [-0.05, 0) is 49.6 Å². The summed E-state index contributed by atoms with van der Waals surface area (Å²) in [6.45, 7) is 6.17. The third-order valence-electron chi connectivity index (χ3n) is 5.27. The van der Waals surface area contributed by atoms with Crippen molar-refractivity contribution in [1.82, 2.24) is 0 Å². The van der Waals surface area contributed by atoms with Crippen molar-refractivity contribution in [3.63, 3.8) is 0 Å². The molecule has 0 radical (unpaired) electrons. The van der Waals surface area contributed by atoms with E-state index in [1.165, 1.54) is 0 Å². The van der Waals surface area contributed by atoms with Crippen LogP contribution in [0.4, 0.5) is 0 Å². The molecule has 0 aliphatic carbocycles. The summed E-state index contributed by atoms with van der Waals surface area (Å²) in [5.74, 6) is -0.423. The Bertz CT molecular complexity index is 933. The second-order valence-corrected chi connectivity index (χ2v) is 7.97. The molecule has 0 saturated heterocycles. The van der Waals surface area contributed by atoms with Gasteiger partial charge in [-0.1, -0.05) is 43.1 Å². The Labute approximate surface area is 193 Å².